The number of esters is 1. The van der Waals surface area contributed by atoms with Gasteiger partial charge in [0.05, 0.1) is 23.3 Å². The minimum absolute atomic E-state index is 0.0480. The fourth-order valence-corrected chi connectivity index (χ4v) is 3.63. The topological polar surface area (TPSA) is 101 Å². The Morgan fingerprint density at radius 1 is 1.12 bits per heavy atom. The van der Waals surface area contributed by atoms with E-state index in [2.05, 4.69) is 15.3 Å². The van der Waals surface area contributed by atoms with Gasteiger partial charge in [-0.25, -0.2) is 9.78 Å². The molecule has 0 aliphatic heterocycles. The van der Waals surface area contributed by atoms with Crippen LogP contribution in [-0.2, 0) is 16.0 Å². The normalized spacial score (nSPS) is 14.0. The van der Waals surface area contributed by atoms with Gasteiger partial charge in [-0.1, -0.05) is 60.1 Å². The second-order valence-corrected chi connectivity index (χ2v) is 7.84. The Balaban J connectivity index is 1.81. The molecule has 3 aromatic rings. The lowest BCUT2D eigenvalue weighted by Gasteiger charge is -2.26. The zero-order chi connectivity index (χ0) is 23.6. The van der Waals surface area contributed by atoms with Crippen LogP contribution in [-0.4, -0.2) is 46.2 Å². The van der Waals surface area contributed by atoms with Crippen molar-refractivity contribution in [2.45, 2.75) is 31.5 Å². The van der Waals surface area contributed by atoms with Crippen molar-refractivity contribution in [1.29, 1.82) is 0 Å². The number of allylic oxidation sites excluding steroid dienone is 1. The summed E-state index contributed by atoms with van der Waals surface area (Å²) in [6, 6.07) is 16.6. The molecule has 0 saturated heterocycles. The molecule has 1 amide bonds. The van der Waals surface area contributed by atoms with Crippen molar-refractivity contribution in [1.82, 2.24) is 15.3 Å². The number of para-hydroxylation sites is 2. The van der Waals surface area contributed by atoms with Gasteiger partial charge in [0.1, 0.15) is 6.10 Å². The van der Waals surface area contributed by atoms with Gasteiger partial charge in [0.25, 0.3) is 0 Å². The van der Waals surface area contributed by atoms with E-state index < -0.39 is 24.1 Å². The van der Waals surface area contributed by atoms with Crippen LogP contribution >= 0.6 is 11.6 Å². The monoisotopic (exact) mass is 467 g/mol. The molecule has 7 nitrogen and oxygen atoms in total. The average Bonchev–Trinajstić information content (AvgIpc) is 2.85. The highest BCUT2D eigenvalue weighted by Gasteiger charge is 2.29. The molecule has 0 bridgehead atoms. The number of carbonyl (C=O) groups is 2. The summed E-state index contributed by atoms with van der Waals surface area (Å²) in [4.78, 5) is 33.8. The summed E-state index contributed by atoms with van der Waals surface area (Å²) in [7, 11) is 1.53. The van der Waals surface area contributed by atoms with Crippen molar-refractivity contribution in [2.24, 2.45) is 5.92 Å². The SMILES string of the molecule is CNC(=O)[C@H](CC=CCl)C[C@H](O)[C@H](Cc1ccccc1)OC(=O)c1cnc2ccccc2n1. The van der Waals surface area contributed by atoms with Crippen LogP contribution < -0.4 is 5.32 Å². The quantitative estimate of drug-likeness (QED) is 0.441. The molecule has 0 radical (unpaired) electrons. The van der Waals surface area contributed by atoms with Gasteiger partial charge in [0.2, 0.25) is 5.91 Å². The molecule has 33 heavy (non-hydrogen) atoms. The van der Waals surface area contributed by atoms with Crippen molar-refractivity contribution in [3.8, 4) is 0 Å². The molecule has 0 unspecified atom stereocenters. The van der Waals surface area contributed by atoms with E-state index in [0.717, 1.165) is 5.56 Å². The zero-order valence-corrected chi connectivity index (χ0v) is 19.0. The largest absolute Gasteiger partial charge is 0.454 e. The number of nitrogens with one attached hydrogen (secondary N) is 1. The Morgan fingerprint density at radius 2 is 1.82 bits per heavy atom. The summed E-state index contributed by atoms with van der Waals surface area (Å²) in [6.45, 7) is 0. The first-order valence-corrected chi connectivity index (χ1v) is 11.1. The predicted molar refractivity (Wildman–Crippen MR) is 127 cm³/mol. The molecule has 2 aromatic carbocycles. The zero-order valence-electron chi connectivity index (χ0n) is 18.2. The number of nitrogens with zero attached hydrogens (tertiary/aromatic N) is 2. The van der Waals surface area contributed by atoms with Crippen molar-refractivity contribution in [3.05, 3.63) is 83.7 Å². The van der Waals surface area contributed by atoms with Gasteiger partial charge in [-0.3, -0.25) is 9.78 Å². The number of amides is 1. The van der Waals surface area contributed by atoms with E-state index in [4.69, 9.17) is 16.3 Å². The molecule has 0 aliphatic carbocycles. The number of aliphatic hydroxyl groups excluding tert-OH is 1. The second kappa shape index (κ2) is 12.1. The fourth-order valence-electron chi connectivity index (χ4n) is 3.53. The molecule has 0 aliphatic rings. The highest BCUT2D eigenvalue weighted by atomic mass is 35.5. The molecule has 172 valence electrons. The lowest BCUT2D eigenvalue weighted by atomic mass is 9.92. The Morgan fingerprint density at radius 3 is 2.52 bits per heavy atom. The van der Waals surface area contributed by atoms with Gasteiger partial charge < -0.3 is 15.2 Å². The summed E-state index contributed by atoms with van der Waals surface area (Å²) in [6.07, 6.45) is 1.75. The second-order valence-electron chi connectivity index (χ2n) is 7.59. The molecular weight excluding hydrogens is 442 g/mol. The first-order chi connectivity index (χ1) is 16.0. The van der Waals surface area contributed by atoms with Crippen LogP contribution in [0.4, 0.5) is 0 Å². The Hall–Kier alpha value is -3.29. The van der Waals surface area contributed by atoms with E-state index in [9.17, 15) is 14.7 Å². The molecule has 1 heterocycles. The summed E-state index contributed by atoms with van der Waals surface area (Å²) < 4.78 is 5.70. The third-order valence-electron chi connectivity index (χ3n) is 5.28. The van der Waals surface area contributed by atoms with Gasteiger partial charge in [-0.05, 0) is 30.5 Å². The van der Waals surface area contributed by atoms with Crippen LogP contribution in [0.25, 0.3) is 11.0 Å². The lowest BCUT2D eigenvalue weighted by Crippen LogP contribution is -2.38. The Kier molecular flexibility index (Phi) is 8.92. The van der Waals surface area contributed by atoms with Crippen LogP contribution in [0.1, 0.15) is 28.9 Å². The molecule has 0 spiro atoms. The molecule has 0 fully saturated rings. The minimum atomic E-state index is -1.09. The fraction of sp³-hybridized carbons (Fsp3) is 0.280. The van der Waals surface area contributed by atoms with E-state index in [0.29, 0.717) is 17.5 Å². The maximum Gasteiger partial charge on any atom is 0.358 e. The maximum atomic E-state index is 12.9. The van der Waals surface area contributed by atoms with E-state index in [-0.39, 0.29) is 24.4 Å². The molecule has 8 heteroatoms. The van der Waals surface area contributed by atoms with Crippen molar-refractivity contribution >= 4 is 34.5 Å². The maximum absolute atomic E-state index is 12.9. The Labute approximate surface area is 197 Å². The first-order valence-electron chi connectivity index (χ1n) is 10.6. The number of aromatic nitrogens is 2. The average molecular weight is 468 g/mol. The molecule has 2 N–H and O–H groups in total. The number of ether oxygens (including phenoxy) is 1. The predicted octanol–water partition coefficient (Wildman–Crippen LogP) is 3.65. The van der Waals surface area contributed by atoms with Crippen LogP contribution in [0.5, 0.6) is 0 Å². The van der Waals surface area contributed by atoms with Crippen LogP contribution in [0.3, 0.4) is 0 Å². The summed E-state index contributed by atoms with van der Waals surface area (Å²) in [5, 5.41) is 13.6. The molecule has 0 saturated carbocycles. The highest BCUT2D eigenvalue weighted by Crippen LogP contribution is 2.20. The van der Waals surface area contributed by atoms with Gasteiger partial charge in [0, 0.05) is 24.9 Å². The molecule has 3 atom stereocenters. The molecule has 3 rings (SSSR count). The van der Waals surface area contributed by atoms with Gasteiger partial charge >= 0.3 is 5.97 Å². The smallest absolute Gasteiger partial charge is 0.358 e. The summed E-state index contributed by atoms with van der Waals surface area (Å²) in [5.41, 5.74) is 3.50. The standard InChI is InChI=1S/C25H26ClN3O4/c1-27-24(31)18(10-7-13-26)15-22(30)23(14-17-8-3-2-4-9-17)33-25(32)21-16-28-19-11-5-6-12-20(19)29-21/h2-9,11-13,16,18,22-23,30H,10,14-15H2,1H3,(H,27,31)/t18-,22+,23+/m1/s1. The van der Waals surface area contributed by atoms with Crippen molar-refractivity contribution in [3.63, 3.8) is 0 Å². The number of carbonyl (C=O) groups excluding carboxylic acids is 2. The third-order valence-corrected chi connectivity index (χ3v) is 5.46. The number of fused-ring (bicyclic) bond motifs is 1. The summed E-state index contributed by atoms with van der Waals surface area (Å²) in [5.74, 6) is -1.45. The third kappa shape index (κ3) is 6.84. The minimum Gasteiger partial charge on any atom is -0.454 e. The number of benzene rings is 2. The number of rotatable bonds is 10. The summed E-state index contributed by atoms with van der Waals surface area (Å²) >= 11 is 5.62. The van der Waals surface area contributed by atoms with E-state index in [1.807, 2.05) is 42.5 Å². The number of aliphatic hydroxyl groups is 1. The number of hydrogen-bond donors (Lipinski definition) is 2. The lowest BCUT2D eigenvalue weighted by molar-refractivity contribution is -0.126. The van der Waals surface area contributed by atoms with E-state index >= 15 is 0 Å². The molecule has 1 aromatic heterocycles. The Bertz CT molecular complexity index is 1110. The van der Waals surface area contributed by atoms with Gasteiger partial charge in [0.15, 0.2) is 5.69 Å². The number of halogens is 1. The van der Waals surface area contributed by atoms with Crippen molar-refractivity contribution < 1.29 is 19.4 Å². The van der Waals surface area contributed by atoms with E-state index in [1.54, 1.807) is 18.2 Å². The van der Waals surface area contributed by atoms with Gasteiger partial charge in [-0.15, -0.1) is 0 Å². The number of hydrogen-bond acceptors (Lipinski definition) is 6. The first kappa shape index (κ1) is 24.4. The van der Waals surface area contributed by atoms with Crippen LogP contribution in [0.2, 0.25) is 0 Å². The molecular formula is C25H26ClN3O4. The van der Waals surface area contributed by atoms with Gasteiger partial charge in [-0.2, -0.15) is 0 Å². The van der Waals surface area contributed by atoms with Crippen molar-refractivity contribution in [2.75, 3.05) is 7.05 Å². The van der Waals surface area contributed by atoms with Crippen LogP contribution in [0.15, 0.2) is 72.4 Å². The highest BCUT2D eigenvalue weighted by molar-refractivity contribution is 6.25. The van der Waals surface area contributed by atoms with E-state index in [1.165, 1.54) is 18.8 Å². The van der Waals surface area contributed by atoms with Crippen LogP contribution in [0, 0.1) is 5.92 Å².